The van der Waals surface area contributed by atoms with Crippen LogP contribution in [-0.2, 0) is 11.2 Å². The van der Waals surface area contributed by atoms with Crippen molar-refractivity contribution in [2.45, 2.75) is 13.3 Å². The number of thiophene rings is 1. The Hall–Kier alpha value is -2.73. The molecule has 0 spiro atoms. The quantitative estimate of drug-likeness (QED) is 0.572. The van der Waals surface area contributed by atoms with E-state index in [1.165, 1.54) is 6.33 Å². The van der Waals surface area contributed by atoms with E-state index in [-0.39, 0.29) is 12.4 Å². The Balaban J connectivity index is 1.59. The van der Waals surface area contributed by atoms with Crippen molar-refractivity contribution >= 4 is 28.8 Å². The van der Waals surface area contributed by atoms with Gasteiger partial charge in [0.15, 0.2) is 0 Å². The molecule has 23 heavy (non-hydrogen) atoms. The highest BCUT2D eigenvalue weighted by Gasteiger charge is 2.07. The summed E-state index contributed by atoms with van der Waals surface area (Å²) in [7, 11) is 0. The van der Waals surface area contributed by atoms with Crippen molar-refractivity contribution in [2.75, 3.05) is 5.32 Å². The van der Waals surface area contributed by atoms with E-state index in [2.05, 4.69) is 15.3 Å². The number of nitrogens with one attached hydrogen (secondary N) is 1. The lowest BCUT2D eigenvalue weighted by Crippen LogP contribution is -2.10. The van der Waals surface area contributed by atoms with Gasteiger partial charge in [0.2, 0.25) is 0 Å². The van der Waals surface area contributed by atoms with Crippen LogP contribution in [0.2, 0.25) is 0 Å². The molecule has 0 saturated carbocycles. The van der Waals surface area contributed by atoms with Crippen LogP contribution in [-0.4, -0.2) is 15.9 Å². The fourth-order valence-corrected chi connectivity index (χ4v) is 2.69. The second-order valence-corrected chi connectivity index (χ2v) is 5.96. The number of rotatable bonds is 5. The Morgan fingerprint density at radius 2 is 2.04 bits per heavy atom. The maximum Gasteiger partial charge on any atom is 0.316 e. The number of anilines is 2. The normalized spacial score (nSPS) is 10.3. The molecule has 1 N–H and O–H groups in total. The van der Waals surface area contributed by atoms with Crippen molar-refractivity contribution in [1.29, 1.82) is 0 Å². The fraction of sp³-hybridized carbons (Fsp3) is 0.118. The summed E-state index contributed by atoms with van der Waals surface area (Å²) < 4.78 is 5.33. The first-order chi connectivity index (χ1) is 11.2. The van der Waals surface area contributed by atoms with Crippen LogP contribution in [0.3, 0.4) is 0 Å². The minimum atomic E-state index is -0.264. The van der Waals surface area contributed by atoms with Gasteiger partial charge in [0.25, 0.3) is 0 Å². The molecule has 0 bridgehead atoms. The number of nitrogens with zero attached hydrogens (tertiary/aromatic N) is 2. The number of esters is 1. The lowest BCUT2D eigenvalue weighted by atomic mass is 10.3. The predicted octanol–water partition coefficient (Wildman–Crippen LogP) is 3.74. The van der Waals surface area contributed by atoms with Gasteiger partial charge in [-0.1, -0.05) is 6.07 Å². The second kappa shape index (κ2) is 7.02. The largest absolute Gasteiger partial charge is 0.426 e. The van der Waals surface area contributed by atoms with Gasteiger partial charge in [-0.05, 0) is 42.6 Å². The number of hydrogen-bond donors (Lipinski definition) is 1. The van der Waals surface area contributed by atoms with Gasteiger partial charge in [0.1, 0.15) is 17.9 Å². The van der Waals surface area contributed by atoms with Gasteiger partial charge in [0, 0.05) is 22.3 Å². The topological polar surface area (TPSA) is 64.1 Å². The molecule has 116 valence electrons. The monoisotopic (exact) mass is 325 g/mol. The average Bonchev–Trinajstić information content (AvgIpc) is 3.02. The zero-order chi connectivity index (χ0) is 16.1. The van der Waals surface area contributed by atoms with Crippen LogP contribution in [0.1, 0.15) is 10.6 Å². The smallest absolute Gasteiger partial charge is 0.316 e. The molecular formula is C17H15N3O2S. The molecule has 0 aliphatic rings. The van der Waals surface area contributed by atoms with E-state index < -0.39 is 0 Å². The van der Waals surface area contributed by atoms with E-state index in [1.54, 1.807) is 23.5 Å². The Morgan fingerprint density at radius 1 is 1.22 bits per heavy atom. The minimum absolute atomic E-state index is 0.264. The van der Waals surface area contributed by atoms with Crippen molar-refractivity contribution in [3.63, 3.8) is 0 Å². The number of ether oxygens (including phenoxy) is 1. The van der Waals surface area contributed by atoms with Crippen molar-refractivity contribution in [1.82, 2.24) is 9.97 Å². The minimum Gasteiger partial charge on any atom is -0.426 e. The lowest BCUT2D eigenvalue weighted by molar-refractivity contribution is -0.133. The van der Waals surface area contributed by atoms with Crippen molar-refractivity contribution in [3.8, 4) is 5.75 Å². The highest BCUT2D eigenvalue weighted by molar-refractivity contribution is 7.10. The summed E-state index contributed by atoms with van der Waals surface area (Å²) in [5.41, 5.74) is 1.75. The zero-order valence-corrected chi connectivity index (χ0v) is 13.3. The predicted molar refractivity (Wildman–Crippen MR) is 90.2 cm³/mol. The van der Waals surface area contributed by atoms with Crippen molar-refractivity contribution in [3.05, 3.63) is 64.7 Å². The summed E-state index contributed by atoms with van der Waals surface area (Å²) in [6.07, 6.45) is 1.80. The molecule has 0 aliphatic heterocycles. The molecule has 0 unspecified atom stereocenters. The molecule has 0 radical (unpaired) electrons. The molecule has 2 heterocycles. The van der Waals surface area contributed by atoms with Gasteiger partial charge in [-0.3, -0.25) is 4.79 Å². The Morgan fingerprint density at radius 3 is 2.74 bits per heavy atom. The molecule has 3 aromatic rings. The standard InChI is InChI=1S/C17H15N3O2S/c1-12-9-16(19-11-18-12)20-13-4-6-14(7-5-13)22-17(21)10-15-3-2-8-23-15/h2-9,11H,10H2,1H3,(H,18,19,20). The van der Waals surface area contributed by atoms with Crippen LogP contribution < -0.4 is 10.1 Å². The molecule has 6 heteroatoms. The third kappa shape index (κ3) is 4.37. The second-order valence-electron chi connectivity index (χ2n) is 4.92. The number of aromatic nitrogens is 2. The summed E-state index contributed by atoms with van der Waals surface area (Å²) in [5.74, 6) is 0.982. The van der Waals surface area contributed by atoms with E-state index >= 15 is 0 Å². The van der Waals surface area contributed by atoms with Gasteiger partial charge in [-0.2, -0.15) is 0 Å². The molecular weight excluding hydrogens is 310 g/mol. The van der Waals surface area contributed by atoms with Gasteiger partial charge >= 0.3 is 5.97 Å². The molecule has 5 nitrogen and oxygen atoms in total. The maximum absolute atomic E-state index is 11.8. The number of benzene rings is 1. The van der Waals surface area contributed by atoms with Crippen LogP contribution in [0.5, 0.6) is 5.75 Å². The summed E-state index contributed by atoms with van der Waals surface area (Å²) in [4.78, 5) is 21.0. The summed E-state index contributed by atoms with van der Waals surface area (Å²) in [6.45, 7) is 1.91. The average molecular weight is 325 g/mol. The molecule has 1 aromatic carbocycles. The van der Waals surface area contributed by atoms with E-state index in [0.29, 0.717) is 5.75 Å². The van der Waals surface area contributed by atoms with E-state index in [1.807, 2.05) is 42.6 Å². The zero-order valence-electron chi connectivity index (χ0n) is 12.5. The van der Waals surface area contributed by atoms with Crippen LogP contribution in [0.15, 0.2) is 54.2 Å². The van der Waals surface area contributed by atoms with Crippen LogP contribution in [0.25, 0.3) is 0 Å². The number of aryl methyl sites for hydroxylation is 1. The van der Waals surface area contributed by atoms with Crippen LogP contribution in [0, 0.1) is 6.92 Å². The Kier molecular flexibility index (Phi) is 4.63. The summed E-state index contributed by atoms with van der Waals surface area (Å²) >= 11 is 1.54. The van der Waals surface area contributed by atoms with Crippen LogP contribution in [0.4, 0.5) is 11.5 Å². The molecule has 3 rings (SSSR count). The molecule has 0 amide bonds. The first kappa shape index (κ1) is 15.2. The molecule has 0 fully saturated rings. The summed E-state index contributed by atoms with van der Waals surface area (Å²) in [6, 6.07) is 12.9. The SMILES string of the molecule is Cc1cc(Nc2ccc(OC(=O)Cc3cccs3)cc2)ncn1. The summed E-state index contributed by atoms with van der Waals surface area (Å²) in [5, 5.41) is 5.11. The first-order valence-corrected chi connectivity index (χ1v) is 7.96. The number of hydrogen-bond acceptors (Lipinski definition) is 6. The third-order valence-electron chi connectivity index (χ3n) is 3.06. The highest BCUT2D eigenvalue weighted by Crippen LogP contribution is 2.20. The maximum atomic E-state index is 11.8. The Bertz CT molecular complexity index is 786. The van der Waals surface area contributed by atoms with Crippen molar-refractivity contribution < 1.29 is 9.53 Å². The van der Waals surface area contributed by atoms with E-state index in [4.69, 9.17) is 4.74 Å². The van der Waals surface area contributed by atoms with Gasteiger partial charge in [-0.15, -0.1) is 11.3 Å². The van der Waals surface area contributed by atoms with E-state index in [0.717, 1.165) is 22.1 Å². The molecule has 2 aromatic heterocycles. The van der Waals surface area contributed by atoms with Gasteiger partial charge < -0.3 is 10.1 Å². The van der Waals surface area contributed by atoms with Crippen LogP contribution >= 0.6 is 11.3 Å². The number of carbonyl (C=O) groups is 1. The van der Waals surface area contributed by atoms with Gasteiger partial charge in [0.05, 0.1) is 6.42 Å². The van der Waals surface area contributed by atoms with Crippen molar-refractivity contribution in [2.24, 2.45) is 0 Å². The fourth-order valence-electron chi connectivity index (χ4n) is 2.00. The van der Waals surface area contributed by atoms with E-state index in [9.17, 15) is 4.79 Å². The molecule has 0 atom stereocenters. The third-order valence-corrected chi connectivity index (χ3v) is 3.94. The highest BCUT2D eigenvalue weighted by atomic mass is 32.1. The molecule has 0 saturated heterocycles. The van der Waals surface area contributed by atoms with Gasteiger partial charge in [-0.25, -0.2) is 9.97 Å². The molecule has 0 aliphatic carbocycles. The lowest BCUT2D eigenvalue weighted by Gasteiger charge is -2.07. The number of carbonyl (C=O) groups excluding carboxylic acids is 1. The Labute approximate surface area is 138 Å². The first-order valence-electron chi connectivity index (χ1n) is 7.08.